The van der Waals surface area contributed by atoms with Crippen LogP contribution >= 0.6 is 0 Å². The standard InChI is InChI=1S/C21H20O6/c22-18-14-7-3-9(15(14)19(23)26-18)11-5(7)1-4-6-2-8(10(4)11)13-12(6)16-17(13)21(25)27-20(16)24/h4-17H,1-3H2. The second kappa shape index (κ2) is 4.01. The summed E-state index contributed by atoms with van der Waals surface area (Å²) in [7, 11) is 0. The van der Waals surface area contributed by atoms with Crippen LogP contribution in [0, 0.1) is 82.9 Å². The first-order chi connectivity index (χ1) is 13.1. The maximum absolute atomic E-state index is 12.3. The maximum atomic E-state index is 12.3. The molecule has 8 rings (SSSR count). The molecule has 0 radical (unpaired) electrons. The molecule has 0 aromatic rings. The Balaban J connectivity index is 1.18. The van der Waals surface area contributed by atoms with Crippen molar-refractivity contribution in [3.8, 4) is 0 Å². The van der Waals surface area contributed by atoms with Gasteiger partial charge in [0.15, 0.2) is 0 Å². The van der Waals surface area contributed by atoms with E-state index in [1.54, 1.807) is 0 Å². The maximum Gasteiger partial charge on any atom is 0.317 e. The van der Waals surface area contributed by atoms with Gasteiger partial charge in [-0.25, -0.2) is 0 Å². The predicted molar refractivity (Wildman–Crippen MR) is 84.9 cm³/mol. The summed E-state index contributed by atoms with van der Waals surface area (Å²) in [4.78, 5) is 48.9. The van der Waals surface area contributed by atoms with Crippen molar-refractivity contribution in [1.82, 2.24) is 0 Å². The molecule has 14 unspecified atom stereocenters. The number of cyclic esters (lactones) is 4. The summed E-state index contributed by atoms with van der Waals surface area (Å²) in [5.41, 5.74) is 0. The monoisotopic (exact) mass is 368 g/mol. The number of rotatable bonds is 0. The van der Waals surface area contributed by atoms with Crippen LogP contribution in [0.1, 0.15) is 19.3 Å². The van der Waals surface area contributed by atoms with E-state index in [0.29, 0.717) is 59.2 Å². The molecule has 6 heteroatoms. The fourth-order valence-corrected chi connectivity index (χ4v) is 10.4. The molecule has 0 amide bonds. The van der Waals surface area contributed by atoms with Gasteiger partial charge in [0.1, 0.15) is 0 Å². The molecule has 0 spiro atoms. The third kappa shape index (κ3) is 1.25. The summed E-state index contributed by atoms with van der Waals surface area (Å²) in [6.07, 6.45) is 3.30. The molecular weight excluding hydrogens is 348 g/mol. The minimum Gasteiger partial charge on any atom is -0.393 e. The Morgan fingerprint density at radius 3 is 1.56 bits per heavy atom. The second-order valence-electron chi connectivity index (χ2n) is 10.6. The van der Waals surface area contributed by atoms with Crippen LogP contribution in [0.25, 0.3) is 0 Å². The highest BCUT2D eigenvalue weighted by Gasteiger charge is 2.79. The molecule has 6 nitrogen and oxygen atoms in total. The number of fused-ring (bicyclic) bond motifs is 20. The van der Waals surface area contributed by atoms with E-state index in [9.17, 15) is 19.2 Å². The highest BCUT2D eigenvalue weighted by molar-refractivity contribution is 5.99. The van der Waals surface area contributed by atoms with Crippen molar-refractivity contribution in [2.75, 3.05) is 0 Å². The van der Waals surface area contributed by atoms with E-state index in [4.69, 9.17) is 9.47 Å². The van der Waals surface area contributed by atoms with Crippen molar-refractivity contribution in [3.05, 3.63) is 0 Å². The Morgan fingerprint density at radius 1 is 0.444 bits per heavy atom. The predicted octanol–water partition coefficient (Wildman–Crippen LogP) is 1.03. The van der Waals surface area contributed by atoms with Crippen molar-refractivity contribution in [2.45, 2.75) is 19.3 Å². The molecule has 0 aromatic heterocycles. The van der Waals surface area contributed by atoms with E-state index in [-0.39, 0.29) is 47.5 Å². The Bertz CT molecular complexity index is 878. The molecule has 6 aliphatic carbocycles. The van der Waals surface area contributed by atoms with E-state index in [0.717, 1.165) is 19.3 Å². The summed E-state index contributed by atoms with van der Waals surface area (Å²) in [6, 6.07) is 0. The largest absolute Gasteiger partial charge is 0.393 e. The Labute approximate surface area is 155 Å². The minimum absolute atomic E-state index is 0.174. The van der Waals surface area contributed by atoms with Crippen LogP contribution in [0.3, 0.4) is 0 Å². The second-order valence-corrected chi connectivity index (χ2v) is 10.6. The van der Waals surface area contributed by atoms with E-state index in [2.05, 4.69) is 0 Å². The first-order valence-corrected chi connectivity index (χ1v) is 10.6. The molecule has 14 atom stereocenters. The molecule has 2 saturated heterocycles. The smallest absolute Gasteiger partial charge is 0.317 e. The lowest BCUT2D eigenvalue weighted by atomic mass is 9.48. The Hall–Kier alpha value is -1.72. The normalized spacial score (nSPS) is 65.5. The van der Waals surface area contributed by atoms with Crippen LogP contribution in [-0.2, 0) is 28.7 Å². The van der Waals surface area contributed by atoms with Crippen molar-refractivity contribution in [1.29, 1.82) is 0 Å². The zero-order valence-electron chi connectivity index (χ0n) is 14.7. The van der Waals surface area contributed by atoms with Gasteiger partial charge in [-0.3, -0.25) is 19.2 Å². The summed E-state index contributed by atoms with van der Waals surface area (Å²) in [5.74, 6) is 2.69. The summed E-state index contributed by atoms with van der Waals surface area (Å²) >= 11 is 0. The molecule has 6 saturated carbocycles. The fourth-order valence-electron chi connectivity index (χ4n) is 10.4. The summed E-state index contributed by atoms with van der Waals surface area (Å²) < 4.78 is 9.98. The highest BCUT2D eigenvalue weighted by atomic mass is 16.6. The molecular formula is C21H20O6. The first kappa shape index (κ1) is 14.3. The number of hydrogen-bond acceptors (Lipinski definition) is 6. The van der Waals surface area contributed by atoms with Crippen molar-refractivity contribution in [2.24, 2.45) is 82.9 Å². The molecule has 27 heavy (non-hydrogen) atoms. The molecule has 2 heterocycles. The van der Waals surface area contributed by atoms with Gasteiger partial charge >= 0.3 is 23.9 Å². The molecule has 0 aromatic carbocycles. The van der Waals surface area contributed by atoms with Gasteiger partial charge in [0.25, 0.3) is 0 Å². The van der Waals surface area contributed by atoms with Crippen LogP contribution in [0.4, 0.5) is 0 Å². The van der Waals surface area contributed by atoms with E-state index >= 15 is 0 Å². The SMILES string of the molecule is O=C1OC(=O)C2C3CC(C4CC5C6CC(C5C43)C3C4C(=O)OC(=O)C4C63)C12. The van der Waals surface area contributed by atoms with E-state index in [1.165, 1.54) is 0 Å². The van der Waals surface area contributed by atoms with Crippen molar-refractivity contribution in [3.63, 3.8) is 0 Å². The van der Waals surface area contributed by atoms with Crippen LogP contribution in [-0.4, -0.2) is 23.9 Å². The van der Waals surface area contributed by atoms with Gasteiger partial charge in [-0.15, -0.1) is 0 Å². The lowest BCUT2D eigenvalue weighted by Gasteiger charge is -2.52. The van der Waals surface area contributed by atoms with Gasteiger partial charge in [0, 0.05) is 0 Å². The van der Waals surface area contributed by atoms with E-state index < -0.39 is 0 Å². The fraction of sp³-hybridized carbons (Fsp3) is 0.810. The van der Waals surface area contributed by atoms with Gasteiger partial charge in [0.05, 0.1) is 23.7 Å². The highest BCUT2D eigenvalue weighted by Crippen LogP contribution is 2.79. The minimum atomic E-state index is -0.289. The topological polar surface area (TPSA) is 86.7 Å². The molecule has 0 N–H and O–H groups in total. The Kier molecular flexibility index (Phi) is 2.12. The molecule has 2 aliphatic heterocycles. The average Bonchev–Trinajstić information content (AvgIpc) is 3.35. The van der Waals surface area contributed by atoms with Crippen molar-refractivity contribution < 1.29 is 28.7 Å². The van der Waals surface area contributed by atoms with Crippen molar-refractivity contribution >= 4 is 23.9 Å². The van der Waals surface area contributed by atoms with Crippen LogP contribution in [0.2, 0.25) is 0 Å². The third-order valence-corrected chi connectivity index (χ3v) is 10.6. The summed E-state index contributed by atoms with van der Waals surface area (Å²) in [5, 5.41) is 0. The Morgan fingerprint density at radius 2 is 0.852 bits per heavy atom. The van der Waals surface area contributed by atoms with Gasteiger partial charge in [0.2, 0.25) is 0 Å². The molecule has 8 aliphatic rings. The van der Waals surface area contributed by atoms with E-state index in [1.807, 2.05) is 0 Å². The van der Waals surface area contributed by atoms with Crippen LogP contribution in [0.15, 0.2) is 0 Å². The zero-order chi connectivity index (χ0) is 17.9. The number of hydrogen-bond donors (Lipinski definition) is 0. The van der Waals surface area contributed by atoms with Gasteiger partial charge < -0.3 is 9.47 Å². The van der Waals surface area contributed by atoms with Gasteiger partial charge in [-0.2, -0.15) is 0 Å². The zero-order valence-corrected chi connectivity index (χ0v) is 14.7. The average molecular weight is 368 g/mol. The number of ether oxygens (including phenoxy) is 2. The van der Waals surface area contributed by atoms with Crippen LogP contribution < -0.4 is 0 Å². The lowest BCUT2D eigenvalue weighted by molar-refractivity contribution is -0.156. The lowest BCUT2D eigenvalue weighted by Crippen LogP contribution is -2.55. The molecule has 4 bridgehead atoms. The van der Waals surface area contributed by atoms with Crippen LogP contribution in [0.5, 0.6) is 0 Å². The molecule has 140 valence electrons. The van der Waals surface area contributed by atoms with Gasteiger partial charge in [-0.1, -0.05) is 0 Å². The van der Waals surface area contributed by atoms with Gasteiger partial charge in [-0.05, 0) is 78.4 Å². The molecule has 8 fully saturated rings. The third-order valence-electron chi connectivity index (χ3n) is 10.6. The quantitative estimate of drug-likeness (QED) is 0.361. The number of esters is 4. The summed E-state index contributed by atoms with van der Waals surface area (Å²) in [6.45, 7) is 0. The number of carbonyl (C=O) groups excluding carboxylic acids is 4. The number of carbonyl (C=O) groups is 4. The first-order valence-electron chi connectivity index (χ1n) is 10.6.